The van der Waals surface area contributed by atoms with Gasteiger partial charge in [-0.2, -0.15) is 0 Å². The molecule has 25 valence electrons. The SMILES string of the molecule is NC(O)[Se]. The number of rotatable bonds is 0. The first-order valence-corrected chi connectivity index (χ1v) is 1.82. The molecule has 1 unspecified atom stereocenters. The van der Waals surface area contributed by atoms with Crippen LogP contribution in [0.1, 0.15) is 0 Å². The van der Waals surface area contributed by atoms with Gasteiger partial charge in [0.15, 0.2) is 0 Å². The van der Waals surface area contributed by atoms with Gasteiger partial charge < -0.3 is 0 Å². The Labute approximate surface area is 32.8 Å². The molecule has 0 aliphatic heterocycles. The average Bonchev–Trinajstić information content (AvgIpc) is 0.811. The summed E-state index contributed by atoms with van der Waals surface area (Å²) in [6.07, 6.45) is 0. The summed E-state index contributed by atoms with van der Waals surface area (Å²) in [5.74, 6) is 0. The summed E-state index contributed by atoms with van der Waals surface area (Å²) in [7, 11) is 0. The van der Waals surface area contributed by atoms with Crippen molar-refractivity contribution in [1.82, 2.24) is 0 Å². The van der Waals surface area contributed by atoms with E-state index in [1.165, 1.54) is 0 Å². The molecule has 4 heavy (non-hydrogen) atoms. The van der Waals surface area contributed by atoms with Crippen molar-refractivity contribution in [2.75, 3.05) is 0 Å². The quantitative estimate of drug-likeness (QED) is 0.302. The van der Waals surface area contributed by atoms with E-state index in [0.29, 0.717) is 0 Å². The molecule has 0 aromatic rings. The van der Waals surface area contributed by atoms with E-state index in [4.69, 9.17) is 5.11 Å². The van der Waals surface area contributed by atoms with Gasteiger partial charge >= 0.3 is 32.0 Å². The molecule has 2 nitrogen and oxygen atoms in total. The first-order chi connectivity index (χ1) is 1.73. The van der Waals surface area contributed by atoms with E-state index in [0.717, 1.165) is 0 Å². The van der Waals surface area contributed by atoms with Gasteiger partial charge in [0.25, 0.3) is 0 Å². The molecule has 0 saturated heterocycles. The predicted molar refractivity (Wildman–Crippen MR) is 15.9 cm³/mol. The molecule has 3 heteroatoms. The molecule has 0 heterocycles. The van der Waals surface area contributed by atoms with Crippen molar-refractivity contribution in [2.45, 2.75) is 5.13 Å². The Morgan fingerprint density at radius 1 is 2.00 bits per heavy atom. The topological polar surface area (TPSA) is 46.2 Å². The number of nitrogens with two attached hydrogens (primary N) is 1. The summed E-state index contributed by atoms with van der Waals surface area (Å²) in [4.78, 5) is 0. The third-order valence-corrected chi connectivity index (χ3v) is 0. The van der Waals surface area contributed by atoms with Gasteiger partial charge in [0, 0.05) is 0 Å². The molecule has 0 amide bonds. The Balaban J connectivity index is 2.32. The van der Waals surface area contributed by atoms with Gasteiger partial charge in [0.1, 0.15) is 0 Å². The number of aliphatic hydroxyl groups is 1. The first kappa shape index (κ1) is 4.44. The van der Waals surface area contributed by atoms with Crippen molar-refractivity contribution in [3.63, 3.8) is 0 Å². The summed E-state index contributed by atoms with van der Waals surface area (Å²) in [5, 5.41) is 6.99. The minimum absolute atomic E-state index is 0.792. The molecule has 3 N–H and O–H groups in total. The van der Waals surface area contributed by atoms with Crippen molar-refractivity contribution < 1.29 is 5.11 Å². The van der Waals surface area contributed by atoms with Crippen LogP contribution in [0.25, 0.3) is 0 Å². The second kappa shape index (κ2) is 1.73. The van der Waals surface area contributed by atoms with Crippen LogP contribution in [0.4, 0.5) is 0 Å². The Morgan fingerprint density at radius 3 is 2.00 bits per heavy atom. The second-order valence-electron chi connectivity index (χ2n) is 0.391. The van der Waals surface area contributed by atoms with Crippen LogP contribution >= 0.6 is 0 Å². The third-order valence-electron chi connectivity index (χ3n) is 0. The number of aliphatic hydroxyl groups excluding tert-OH is 1. The van der Waals surface area contributed by atoms with Crippen LogP contribution in [0, 0.1) is 0 Å². The van der Waals surface area contributed by atoms with Crippen molar-refractivity contribution in [3.8, 4) is 0 Å². The van der Waals surface area contributed by atoms with Crippen LogP contribution in [0.5, 0.6) is 0 Å². The molecule has 0 saturated carbocycles. The molecular formula is CH4NOSe. The van der Waals surface area contributed by atoms with Crippen LogP contribution in [0.2, 0.25) is 0 Å². The molecule has 0 fully saturated rings. The maximum atomic E-state index is 7.78. The average molecular weight is 125 g/mol. The Bertz CT molecular complexity index is 12.8. The molecule has 1 atom stereocenters. The first-order valence-electron chi connectivity index (χ1n) is 0.827. The zero-order valence-corrected chi connectivity index (χ0v) is 3.72. The number of hydrogen-bond donors (Lipinski definition) is 2. The number of hydrogen-bond acceptors (Lipinski definition) is 2. The van der Waals surface area contributed by atoms with Gasteiger partial charge in [-0.15, -0.1) is 0 Å². The van der Waals surface area contributed by atoms with Crippen LogP contribution in [-0.4, -0.2) is 26.2 Å². The Morgan fingerprint density at radius 2 is 2.00 bits per heavy atom. The van der Waals surface area contributed by atoms with E-state index in [1.54, 1.807) is 0 Å². The van der Waals surface area contributed by atoms with Gasteiger partial charge in [0.05, 0.1) is 0 Å². The van der Waals surface area contributed by atoms with Crippen molar-refractivity contribution in [1.29, 1.82) is 0 Å². The standard InChI is InChI=1S/CH4NOSe/c2-1(3)4/h1,3H,2H2. The molecule has 0 aliphatic rings. The molecule has 0 spiro atoms. The normalized spacial score (nSPS) is 15.8. The van der Waals surface area contributed by atoms with Crippen LogP contribution in [0.15, 0.2) is 0 Å². The van der Waals surface area contributed by atoms with Gasteiger partial charge in [0.2, 0.25) is 0 Å². The van der Waals surface area contributed by atoms with E-state index in [1.807, 2.05) is 0 Å². The second-order valence-corrected chi connectivity index (χ2v) is 1.40. The fraction of sp³-hybridized carbons (Fsp3) is 1.00. The molecule has 0 aromatic carbocycles. The molecule has 0 bridgehead atoms. The van der Waals surface area contributed by atoms with E-state index in [2.05, 4.69) is 21.7 Å². The zero-order valence-electron chi connectivity index (χ0n) is 2.01. The van der Waals surface area contributed by atoms with E-state index in [-0.39, 0.29) is 0 Å². The summed E-state index contributed by atoms with van der Waals surface area (Å²) < 4.78 is 0. The fourth-order valence-corrected chi connectivity index (χ4v) is 0. The van der Waals surface area contributed by atoms with Gasteiger partial charge in [-0.3, -0.25) is 0 Å². The van der Waals surface area contributed by atoms with Gasteiger partial charge in [-0.1, -0.05) is 0 Å². The van der Waals surface area contributed by atoms with Crippen LogP contribution in [-0.2, 0) is 0 Å². The predicted octanol–water partition coefficient (Wildman–Crippen LogP) is -1.61. The van der Waals surface area contributed by atoms with Crippen molar-refractivity contribution >= 4 is 16.0 Å². The molecule has 0 aromatic heterocycles. The van der Waals surface area contributed by atoms with Crippen LogP contribution in [0.3, 0.4) is 0 Å². The molecular weight excluding hydrogens is 121 g/mol. The summed E-state index contributed by atoms with van der Waals surface area (Å²) >= 11 is 2.24. The van der Waals surface area contributed by atoms with E-state index < -0.39 is 5.13 Å². The summed E-state index contributed by atoms with van der Waals surface area (Å²) in [6.45, 7) is 0. The summed E-state index contributed by atoms with van der Waals surface area (Å²) in [6, 6.07) is 0. The van der Waals surface area contributed by atoms with Crippen molar-refractivity contribution in [2.24, 2.45) is 5.73 Å². The van der Waals surface area contributed by atoms with Gasteiger partial charge in [-0.05, 0) is 0 Å². The Kier molecular flexibility index (Phi) is 1.92. The molecule has 0 rings (SSSR count). The third kappa shape index (κ3) is 26.2. The van der Waals surface area contributed by atoms with Gasteiger partial charge in [-0.25, -0.2) is 0 Å². The maximum absolute atomic E-state index is 7.78. The summed E-state index contributed by atoms with van der Waals surface area (Å²) in [5.41, 5.74) is 4.61. The Hall–Kier alpha value is 0.439. The molecule has 1 radical (unpaired) electrons. The van der Waals surface area contributed by atoms with Crippen LogP contribution < -0.4 is 5.73 Å². The monoisotopic (exact) mass is 126 g/mol. The van der Waals surface area contributed by atoms with E-state index in [9.17, 15) is 0 Å². The zero-order chi connectivity index (χ0) is 3.58. The van der Waals surface area contributed by atoms with E-state index >= 15 is 0 Å². The minimum atomic E-state index is -0.792. The van der Waals surface area contributed by atoms with Crippen molar-refractivity contribution in [3.05, 3.63) is 0 Å². The fourth-order valence-electron chi connectivity index (χ4n) is 0. The molecule has 0 aliphatic carbocycles.